The number of nitrogens with one attached hydrogen (secondary N) is 1. The molecule has 0 aromatic rings. The molecule has 1 N–H and O–H groups in total. The summed E-state index contributed by atoms with van der Waals surface area (Å²) in [6.45, 7) is 3.19. The first kappa shape index (κ1) is 20.0. The number of hydrogen-bond donors (Lipinski definition) is 1. The normalized spacial score (nSPS) is 22.8. The molecule has 8 heteroatoms. The van der Waals surface area contributed by atoms with Crippen molar-refractivity contribution in [3.63, 3.8) is 0 Å². The van der Waals surface area contributed by atoms with Crippen molar-refractivity contribution >= 4 is 18.0 Å². The minimum atomic E-state index is -1.03. The summed E-state index contributed by atoms with van der Waals surface area (Å²) < 4.78 is 9.80. The Morgan fingerprint density at radius 2 is 1.81 bits per heavy atom. The quantitative estimate of drug-likeness (QED) is 0.590. The highest BCUT2D eigenvalue weighted by molar-refractivity contribution is 5.86. The summed E-state index contributed by atoms with van der Waals surface area (Å²) in [7, 11) is 0. The first-order chi connectivity index (χ1) is 12.4. The molecular weight excluding hydrogens is 338 g/mol. The minimum absolute atomic E-state index is 0.0211. The average molecular weight is 365 g/mol. The summed E-state index contributed by atoms with van der Waals surface area (Å²) in [4.78, 5) is 37.7. The van der Waals surface area contributed by atoms with E-state index in [4.69, 9.17) is 9.47 Å². The Bertz CT molecular complexity index is 568. The van der Waals surface area contributed by atoms with E-state index in [0.29, 0.717) is 13.0 Å². The van der Waals surface area contributed by atoms with Crippen LogP contribution >= 0.6 is 0 Å². The lowest BCUT2D eigenvalue weighted by atomic mass is 9.83. The summed E-state index contributed by atoms with van der Waals surface area (Å²) >= 11 is 0. The van der Waals surface area contributed by atoms with Crippen molar-refractivity contribution in [3.8, 4) is 6.07 Å². The Labute approximate surface area is 153 Å². The van der Waals surface area contributed by atoms with Crippen molar-refractivity contribution < 1.29 is 23.9 Å². The molecule has 0 bridgehead atoms. The minimum Gasteiger partial charge on any atom is -0.426 e. The Hall–Kier alpha value is -2.30. The number of hydrogen-bond acceptors (Lipinski definition) is 6. The lowest BCUT2D eigenvalue weighted by Crippen LogP contribution is -2.54. The zero-order chi connectivity index (χ0) is 19.1. The van der Waals surface area contributed by atoms with Crippen LogP contribution in [0.1, 0.15) is 58.8 Å². The van der Waals surface area contributed by atoms with Gasteiger partial charge in [0.25, 0.3) is 0 Å². The molecule has 3 atom stereocenters. The van der Waals surface area contributed by atoms with Gasteiger partial charge in [0.1, 0.15) is 12.1 Å². The van der Waals surface area contributed by atoms with Crippen molar-refractivity contribution in [1.82, 2.24) is 10.2 Å². The Morgan fingerprint density at radius 3 is 2.42 bits per heavy atom. The molecular formula is C18H27N3O5. The molecule has 1 saturated heterocycles. The van der Waals surface area contributed by atoms with Crippen LogP contribution in [-0.2, 0) is 19.1 Å². The summed E-state index contributed by atoms with van der Waals surface area (Å²) in [6.07, 6.45) is 4.46. The number of carbonyl (C=O) groups excluding carboxylic acids is 3. The second-order valence-electron chi connectivity index (χ2n) is 6.92. The molecule has 0 aromatic carbocycles. The molecule has 1 heterocycles. The van der Waals surface area contributed by atoms with E-state index in [9.17, 15) is 19.6 Å². The molecule has 1 aliphatic heterocycles. The first-order valence-electron chi connectivity index (χ1n) is 9.27. The summed E-state index contributed by atoms with van der Waals surface area (Å²) in [5.41, 5.74) is 0. The lowest BCUT2D eigenvalue weighted by Gasteiger charge is -2.33. The number of likely N-dealkylation sites (tertiary alicyclic amines) is 1. The third kappa shape index (κ3) is 5.35. The summed E-state index contributed by atoms with van der Waals surface area (Å²) in [5.74, 6) is -0.759. The van der Waals surface area contributed by atoms with E-state index in [-0.39, 0.29) is 11.8 Å². The van der Waals surface area contributed by atoms with Gasteiger partial charge in [0, 0.05) is 20.4 Å². The summed E-state index contributed by atoms with van der Waals surface area (Å²) in [5, 5.41) is 11.9. The molecule has 0 aromatic heterocycles. The zero-order valence-electron chi connectivity index (χ0n) is 15.4. The predicted molar refractivity (Wildman–Crippen MR) is 91.6 cm³/mol. The summed E-state index contributed by atoms with van der Waals surface area (Å²) in [6, 6.07) is 1.00. The van der Waals surface area contributed by atoms with Gasteiger partial charge in [0.05, 0.1) is 6.07 Å². The van der Waals surface area contributed by atoms with Gasteiger partial charge in [-0.2, -0.15) is 5.26 Å². The molecule has 2 fully saturated rings. The van der Waals surface area contributed by atoms with Gasteiger partial charge in [0.15, 0.2) is 0 Å². The van der Waals surface area contributed by atoms with Crippen molar-refractivity contribution in [2.45, 2.75) is 77.2 Å². The molecule has 2 amide bonds. The van der Waals surface area contributed by atoms with Crippen molar-refractivity contribution in [2.24, 2.45) is 5.92 Å². The van der Waals surface area contributed by atoms with Crippen LogP contribution in [0.15, 0.2) is 0 Å². The van der Waals surface area contributed by atoms with Crippen LogP contribution in [0, 0.1) is 17.2 Å². The molecule has 0 spiro atoms. The number of carbonyl (C=O) groups is 3. The second kappa shape index (κ2) is 9.41. The Kier molecular flexibility index (Phi) is 7.25. The number of ether oxygens (including phenoxy) is 2. The number of nitrogens with zero attached hydrogens (tertiary/aromatic N) is 2. The fourth-order valence-electron chi connectivity index (χ4n) is 3.76. The number of nitriles is 1. The van der Waals surface area contributed by atoms with Crippen molar-refractivity contribution in [1.29, 1.82) is 5.26 Å². The van der Waals surface area contributed by atoms with E-state index in [1.807, 2.05) is 0 Å². The van der Waals surface area contributed by atoms with Gasteiger partial charge >= 0.3 is 12.1 Å². The van der Waals surface area contributed by atoms with E-state index in [0.717, 1.165) is 38.5 Å². The number of esters is 1. The SMILES string of the molecule is CC(=O)OC(C)OC(=O)NC(C(=O)N1CCCC1C#N)C1CCCCC1. The van der Waals surface area contributed by atoms with Crippen molar-refractivity contribution in [3.05, 3.63) is 0 Å². The first-order valence-corrected chi connectivity index (χ1v) is 9.27. The zero-order valence-corrected chi connectivity index (χ0v) is 15.4. The average Bonchev–Trinajstić information content (AvgIpc) is 3.07. The second-order valence-corrected chi connectivity index (χ2v) is 6.92. The maximum absolute atomic E-state index is 13.0. The number of amides is 2. The molecule has 26 heavy (non-hydrogen) atoms. The van der Waals surface area contributed by atoms with Gasteiger partial charge in [-0.15, -0.1) is 0 Å². The van der Waals surface area contributed by atoms with E-state index in [2.05, 4.69) is 11.4 Å². The highest BCUT2D eigenvalue weighted by atomic mass is 16.7. The smallest absolute Gasteiger partial charge is 0.410 e. The standard InChI is InChI=1S/C18H27N3O5/c1-12(22)25-13(2)26-18(24)20-16(14-7-4-3-5-8-14)17(23)21-10-6-9-15(21)11-19/h13-16H,3-10H2,1-2H3,(H,20,24). The molecule has 3 unspecified atom stereocenters. The molecule has 2 rings (SSSR count). The van der Waals surface area contributed by atoms with Gasteiger partial charge in [-0.25, -0.2) is 4.79 Å². The van der Waals surface area contributed by atoms with Crippen molar-refractivity contribution in [2.75, 3.05) is 6.54 Å². The van der Waals surface area contributed by atoms with E-state index in [1.54, 1.807) is 4.90 Å². The largest absolute Gasteiger partial charge is 0.426 e. The van der Waals surface area contributed by atoms with E-state index in [1.165, 1.54) is 13.8 Å². The predicted octanol–water partition coefficient (Wildman–Crippen LogP) is 2.09. The topological polar surface area (TPSA) is 109 Å². The molecule has 8 nitrogen and oxygen atoms in total. The number of alkyl carbamates (subject to hydrolysis) is 1. The monoisotopic (exact) mass is 365 g/mol. The highest BCUT2D eigenvalue weighted by Crippen LogP contribution is 2.29. The fourth-order valence-corrected chi connectivity index (χ4v) is 3.76. The van der Waals surface area contributed by atoms with Crippen LogP contribution in [0.4, 0.5) is 4.79 Å². The van der Waals surface area contributed by atoms with Crippen LogP contribution in [0.3, 0.4) is 0 Å². The lowest BCUT2D eigenvalue weighted by molar-refractivity contribution is -0.162. The molecule has 1 saturated carbocycles. The molecule has 144 valence electrons. The van der Waals surface area contributed by atoms with Crippen LogP contribution in [0.25, 0.3) is 0 Å². The molecule has 0 radical (unpaired) electrons. The molecule has 2 aliphatic rings. The van der Waals surface area contributed by atoms with Gasteiger partial charge < -0.3 is 19.7 Å². The third-order valence-corrected chi connectivity index (χ3v) is 4.95. The van der Waals surface area contributed by atoms with Crippen LogP contribution < -0.4 is 5.32 Å². The highest BCUT2D eigenvalue weighted by Gasteiger charge is 2.38. The maximum Gasteiger partial charge on any atom is 0.410 e. The van der Waals surface area contributed by atoms with Gasteiger partial charge in [-0.3, -0.25) is 9.59 Å². The van der Waals surface area contributed by atoms with Crippen LogP contribution in [0.5, 0.6) is 0 Å². The Morgan fingerprint density at radius 1 is 1.12 bits per heavy atom. The maximum atomic E-state index is 13.0. The van der Waals surface area contributed by atoms with Gasteiger partial charge in [-0.1, -0.05) is 19.3 Å². The number of rotatable bonds is 5. The van der Waals surface area contributed by atoms with Crippen LogP contribution in [-0.4, -0.2) is 47.8 Å². The van der Waals surface area contributed by atoms with E-state index >= 15 is 0 Å². The van der Waals surface area contributed by atoms with Crippen LogP contribution in [0.2, 0.25) is 0 Å². The fraction of sp³-hybridized carbons (Fsp3) is 0.778. The van der Waals surface area contributed by atoms with E-state index < -0.39 is 30.4 Å². The molecule has 1 aliphatic carbocycles. The third-order valence-electron chi connectivity index (χ3n) is 4.95. The van der Waals surface area contributed by atoms with Gasteiger partial charge in [-0.05, 0) is 31.6 Å². The van der Waals surface area contributed by atoms with Gasteiger partial charge in [0.2, 0.25) is 12.2 Å². The Balaban J connectivity index is 2.06.